The molecule has 0 unspecified atom stereocenters. The minimum absolute atomic E-state index is 0.562. The van der Waals surface area contributed by atoms with Crippen LogP contribution >= 0.6 is 27.3 Å². The number of thiophene rings is 1. The highest BCUT2D eigenvalue weighted by Crippen LogP contribution is 2.34. The Morgan fingerprint density at radius 1 is 1.57 bits per heavy atom. The van der Waals surface area contributed by atoms with Crippen LogP contribution in [0.4, 0.5) is 13.2 Å². The summed E-state index contributed by atoms with van der Waals surface area (Å²) < 4.78 is 36.9. The molecule has 14 heavy (non-hydrogen) atoms. The Hall–Kier alpha value is -0.0700. The van der Waals surface area contributed by atoms with Crippen molar-refractivity contribution in [1.29, 1.82) is 0 Å². The van der Waals surface area contributed by atoms with Gasteiger partial charge in [0.1, 0.15) is 0 Å². The summed E-state index contributed by atoms with van der Waals surface area (Å²) in [5.41, 5.74) is 5.43. The minimum Gasteiger partial charge on any atom is -0.323 e. The van der Waals surface area contributed by atoms with Crippen LogP contribution in [0, 0.1) is 6.92 Å². The van der Waals surface area contributed by atoms with E-state index in [0.717, 1.165) is 9.35 Å². The molecule has 1 atom stereocenters. The van der Waals surface area contributed by atoms with Gasteiger partial charge in [-0.05, 0) is 28.9 Å². The van der Waals surface area contributed by atoms with Crippen LogP contribution in [0.3, 0.4) is 0 Å². The quantitative estimate of drug-likeness (QED) is 0.880. The lowest BCUT2D eigenvalue weighted by Gasteiger charge is -2.11. The topological polar surface area (TPSA) is 26.0 Å². The predicted octanol–water partition coefficient (Wildman–Crippen LogP) is 3.77. The number of rotatable bonds is 2. The average Bonchev–Trinajstić information content (AvgIpc) is 2.28. The summed E-state index contributed by atoms with van der Waals surface area (Å²) in [6.45, 7) is 1.83. The fourth-order valence-electron chi connectivity index (χ4n) is 1.01. The second-order valence-electron chi connectivity index (χ2n) is 2.98. The van der Waals surface area contributed by atoms with Gasteiger partial charge in [-0.1, -0.05) is 0 Å². The average molecular weight is 288 g/mol. The van der Waals surface area contributed by atoms with Gasteiger partial charge in [-0.25, -0.2) is 0 Å². The Labute approximate surface area is 92.2 Å². The molecule has 0 aliphatic carbocycles. The third-order valence-corrected chi connectivity index (χ3v) is 3.96. The van der Waals surface area contributed by atoms with Crippen LogP contribution in [0.2, 0.25) is 0 Å². The number of halogens is 4. The molecule has 0 aromatic carbocycles. The van der Waals surface area contributed by atoms with Crippen LogP contribution in [0.15, 0.2) is 10.5 Å². The number of nitrogens with two attached hydrogens (primary N) is 1. The maximum Gasteiger partial charge on any atom is 0.390 e. The van der Waals surface area contributed by atoms with Gasteiger partial charge in [0.2, 0.25) is 0 Å². The molecule has 0 bridgehead atoms. The molecule has 80 valence electrons. The third-order valence-electron chi connectivity index (χ3n) is 1.69. The van der Waals surface area contributed by atoms with Gasteiger partial charge in [-0.2, -0.15) is 13.2 Å². The molecule has 1 aromatic heterocycles. The molecule has 0 saturated heterocycles. The molecule has 0 fully saturated rings. The lowest BCUT2D eigenvalue weighted by Crippen LogP contribution is -2.19. The lowest BCUT2D eigenvalue weighted by atomic mass is 10.2. The molecule has 0 spiro atoms. The van der Waals surface area contributed by atoms with Crippen molar-refractivity contribution in [2.75, 3.05) is 0 Å². The summed E-state index contributed by atoms with van der Waals surface area (Å²) >= 11 is 4.53. The first-order chi connectivity index (χ1) is 6.29. The summed E-state index contributed by atoms with van der Waals surface area (Å²) in [6, 6.07) is 0.696. The van der Waals surface area contributed by atoms with Gasteiger partial charge in [0, 0.05) is 20.3 Å². The van der Waals surface area contributed by atoms with E-state index in [-0.39, 0.29) is 0 Å². The van der Waals surface area contributed by atoms with Gasteiger partial charge in [0.25, 0.3) is 0 Å². The molecule has 0 saturated carbocycles. The molecule has 0 aliphatic heterocycles. The fourth-order valence-corrected chi connectivity index (χ4v) is 2.58. The molecular formula is C8H9BrF3NS. The van der Waals surface area contributed by atoms with Crippen molar-refractivity contribution < 1.29 is 13.2 Å². The number of aryl methyl sites for hydroxylation is 1. The van der Waals surface area contributed by atoms with Crippen molar-refractivity contribution in [3.05, 3.63) is 20.3 Å². The Bertz CT molecular complexity index is 301. The SMILES string of the molecule is Cc1sc([C@@H](N)CC(F)(F)F)cc1Br. The zero-order chi connectivity index (χ0) is 10.9. The summed E-state index contributed by atoms with van der Waals surface area (Å²) in [5.74, 6) is 0. The molecular weight excluding hydrogens is 279 g/mol. The van der Waals surface area contributed by atoms with Gasteiger partial charge in [0.15, 0.2) is 0 Å². The number of alkyl halides is 3. The van der Waals surface area contributed by atoms with Gasteiger partial charge in [-0.3, -0.25) is 0 Å². The zero-order valence-electron chi connectivity index (χ0n) is 7.36. The van der Waals surface area contributed by atoms with E-state index in [4.69, 9.17) is 5.73 Å². The van der Waals surface area contributed by atoms with E-state index < -0.39 is 18.6 Å². The highest BCUT2D eigenvalue weighted by molar-refractivity contribution is 9.10. The maximum atomic E-state index is 12.0. The molecule has 1 rings (SSSR count). The lowest BCUT2D eigenvalue weighted by molar-refractivity contribution is -0.138. The molecule has 0 aliphatic rings. The summed E-state index contributed by atoms with van der Waals surface area (Å²) in [5, 5.41) is 0. The third kappa shape index (κ3) is 3.25. The molecule has 0 amide bonds. The van der Waals surface area contributed by atoms with Gasteiger partial charge >= 0.3 is 6.18 Å². The van der Waals surface area contributed by atoms with Gasteiger partial charge in [-0.15, -0.1) is 11.3 Å². The van der Waals surface area contributed by atoms with Crippen LogP contribution in [0.5, 0.6) is 0 Å². The zero-order valence-corrected chi connectivity index (χ0v) is 9.76. The standard InChI is InChI=1S/C8H9BrF3NS/c1-4-5(9)2-7(14-4)6(13)3-8(10,11)12/h2,6H,3,13H2,1H3/t6-/m0/s1. The monoisotopic (exact) mass is 287 g/mol. The van der Waals surface area contributed by atoms with Crippen molar-refractivity contribution in [3.63, 3.8) is 0 Å². The van der Waals surface area contributed by atoms with Crippen LogP contribution in [-0.2, 0) is 0 Å². The van der Waals surface area contributed by atoms with Crippen LogP contribution < -0.4 is 5.73 Å². The first-order valence-corrected chi connectivity index (χ1v) is 5.48. The molecule has 1 aromatic rings. The Morgan fingerprint density at radius 3 is 2.50 bits per heavy atom. The van der Waals surface area contributed by atoms with Crippen molar-refractivity contribution in [2.45, 2.75) is 25.6 Å². The molecule has 2 N–H and O–H groups in total. The Morgan fingerprint density at radius 2 is 2.14 bits per heavy atom. The molecule has 6 heteroatoms. The first kappa shape index (κ1) is 12.0. The van der Waals surface area contributed by atoms with E-state index in [9.17, 15) is 13.2 Å². The molecule has 1 heterocycles. The van der Waals surface area contributed by atoms with Gasteiger partial charge in [0.05, 0.1) is 6.42 Å². The van der Waals surface area contributed by atoms with Crippen LogP contribution in [-0.4, -0.2) is 6.18 Å². The van der Waals surface area contributed by atoms with Crippen molar-refractivity contribution >= 4 is 27.3 Å². The summed E-state index contributed by atoms with van der Waals surface area (Å²) in [7, 11) is 0. The van der Waals surface area contributed by atoms with E-state index in [1.165, 1.54) is 11.3 Å². The largest absolute Gasteiger partial charge is 0.390 e. The second-order valence-corrected chi connectivity index (χ2v) is 5.12. The summed E-state index contributed by atoms with van der Waals surface area (Å²) in [6.07, 6.45) is -5.18. The first-order valence-electron chi connectivity index (χ1n) is 3.88. The van der Waals surface area contributed by atoms with E-state index in [0.29, 0.717) is 4.88 Å². The summed E-state index contributed by atoms with van der Waals surface area (Å²) in [4.78, 5) is 1.50. The number of hydrogen-bond donors (Lipinski definition) is 1. The van der Waals surface area contributed by atoms with Crippen LogP contribution in [0.25, 0.3) is 0 Å². The maximum absolute atomic E-state index is 12.0. The normalized spacial score (nSPS) is 14.4. The fraction of sp³-hybridized carbons (Fsp3) is 0.500. The smallest absolute Gasteiger partial charge is 0.323 e. The second kappa shape index (κ2) is 4.20. The van der Waals surface area contributed by atoms with Crippen molar-refractivity contribution in [1.82, 2.24) is 0 Å². The predicted molar refractivity (Wildman–Crippen MR) is 54.4 cm³/mol. The number of hydrogen-bond acceptors (Lipinski definition) is 2. The van der Waals surface area contributed by atoms with Crippen LogP contribution in [0.1, 0.15) is 22.2 Å². The van der Waals surface area contributed by atoms with E-state index in [1.807, 2.05) is 6.92 Å². The Kier molecular flexibility index (Phi) is 3.60. The van der Waals surface area contributed by atoms with Crippen molar-refractivity contribution in [2.24, 2.45) is 5.73 Å². The van der Waals surface area contributed by atoms with E-state index >= 15 is 0 Å². The Balaban J connectivity index is 2.75. The highest BCUT2D eigenvalue weighted by Gasteiger charge is 2.31. The van der Waals surface area contributed by atoms with Crippen molar-refractivity contribution in [3.8, 4) is 0 Å². The highest BCUT2D eigenvalue weighted by atomic mass is 79.9. The van der Waals surface area contributed by atoms with E-state index in [2.05, 4.69) is 15.9 Å². The molecule has 0 radical (unpaired) electrons. The minimum atomic E-state index is -4.20. The van der Waals surface area contributed by atoms with E-state index in [1.54, 1.807) is 6.07 Å². The van der Waals surface area contributed by atoms with Gasteiger partial charge < -0.3 is 5.73 Å². The molecule has 1 nitrogen and oxygen atoms in total.